The van der Waals surface area contributed by atoms with Crippen LogP contribution in [-0.2, 0) is 6.54 Å². The summed E-state index contributed by atoms with van der Waals surface area (Å²) < 4.78 is 24.7. The van der Waals surface area contributed by atoms with Crippen molar-refractivity contribution < 1.29 is 18.7 Å². The zero-order valence-electron chi connectivity index (χ0n) is 8.00. The van der Waals surface area contributed by atoms with E-state index in [4.69, 9.17) is 10.8 Å². The van der Waals surface area contributed by atoms with Gasteiger partial charge in [0.2, 0.25) is 0 Å². The number of aromatic nitrogens is 1. The normalized spacial score (nSPS) is 10.7. The lowest BCUT2D eigenvalue weighted by Gasteiger charge is -2.09. The van der Waals surface area contributed by atoms with Gasteiger partial charge in [-0.3, -0.25) is 0 Å². The molecule has 0 unspecified atom stereocenters. The number of pyridine rings is 1. The van der Waals surface area contributed by atoms with Crippen LogP contribution in [0.2, 0.25) is 0 Å². The number of carboxylic acids is 1. The van der Waals surface area contributed by atoms with Crippen LogP contribution < -0.4 is 5.73 Å². The molecule has 3 N–H and O–H groups in total. The van der Waals surface area contributed by atoms with Gasteiger partial charge in [0.15, 0.2) is 0 Å². The monoisotopic (exact) mass is 216 g/mol. The average molecular weight is 216 g/mol. The molecule has 0 aliphatic rings. The second kappa shape index (κ2) is 4.31. The predicted octanol–water partition coefficient (Wildman–Crippen LogP) is 1.48. The Bertz CT molecular complexity index is 394. The number of nitrogens with zero attached hydrogens (tertiary/aromatic N) is 1. The molecule has 0 saturated heterocycles. The molecule has 0 aliphatic heterocycles. The Morgan fingerprint density at radius 1 is 1.67 bits per heavy atom. The van der Waals surface area contributed by atoms with Gasteiger partial charge in [0, 0.05) is 6.54 Å². The van der Waals surface area contributed by atoms with E-state index in [2.05, 4.69) is 4.98 Å². The number of hydrogen-bond donors (Lipinski definition) is 2. The van der Waals surface area contributed by atoms with Crippen LogP contribution in [0.5, 0.6) is 0 Å². The molecule has 0 aromatic carbocycles. The van der Waals surface area contributed by atoms with E-state index in [-0.39, 0.29) is 23.4 Å². The molecule has 4 nitrogen and oxygen atoms in total. The summed E-state index contributed by atoms with van der Waals surface area (Å²) in [6, 6.07) is 1.06. The summed E-state index contributed by atoms with van der Waals surface area (Å²) in [5.74, 6) is -1.21. The smallest absolute Gasteiger partial charge is 0.337 e. The molecule has 0 atom stereocenters. The minimum absolute atomic E-state index is 0.0159. The Morgan fingerprint density at radius 3 is 2.67 bits per heavy atom. The van der Waals surface area contributed by atoms with Crippen LogP contribution in [0.15, 0.2) is 6.07 Å². The molecule has 6 heteroatoms. The molecule has 0 fully saturated rings. The topological polar surface area (TPSA) is 76.2 Å². The number of aryl methyl sites for hydroxylation is 1. The fourth-order valence-electron chi connectivity index (χ4n) is 1.32. The van der Waals surface area contributed by atoms with Crippen LogP contribution in [0.1, 0.15) is 33.7 Å². The zero-order valence-corrected chi connectivity index (χ0v) is 8.00. The minimum atomic E-state index is -2.73. The van der Waals surface area contributed by atoms with Gasteiger partial charge in [-0.2, -0.15) is 0 Å². The number of hydrogen-bond acceptors (Lipinski definition) is 3. The van der Waals surface area contributed by atoms with Gasteiger partial charge >= 0.3 is 5.97 Å². The molecule has 0 saturated carbocycles. The van der Waals surface area contributed by atoms with Gasteiger partial charge in [-0.05, 0) is 18.6 Å². The predicted molar refractivity (Wildman–Crippen MR) is 48.8 cm³/mol. The summed E-state index contributed by atoms with van der Waals surface area (Å²) in [6.07, 6.45) is -2.73. The van der Waals surface area contributed by atoms with Gasteiger partial charge < -0.3 is 10.8 Å². The van der Waals surface area contributed by atoms with Crippen LogP contribution in [0.25, 0.3) is 0 Å². The van der Waals surface area contributed by atoms with Gasteiger partial charge in [-0.1, -0.05) is 0 Å². The van der Waals surface area contributed by atoms with Crippen molar-refractivity contribution in [3.8, 4) is 0 Å². The highest BCUT2D eigenvalue weighted by atomic mass is 19.3. The quantitative estimate of drug-likeness (QED) is 0.802. The number of nitrogens with two attached hydrogens (primary N) is 1. The number of carbonyl (C=O) groups is 1. The third kappa shape index (κ3) is 2.27. The molecule has 1 aromatic heterocycles. The van der Waals surface area contributed by atoms with Crippen molar-refractivity contribution in [3.05, 3.63) is 28.6 Å². The summed E-state index contributed by atoms with van der Waals surface area (Å²) in [5.41, 5.74) is 4.94. The van der Waals surface area contributed by atoms with Crippen LogP contribution >= 0.6 is 0 Å². The van der Waals surface area contributed by atoms with E-state index in [9.17, 15) is 13.6 Å². The van der Waals surface area contributed by atoms with Gasteiger partial charge in [0.05, 0.1) is 11.3 Å². The fourth-order valence-corrected chi connectivity index (χ4v) is 1.32. The SMILES string of the molecule is Cc1cc(C(F)F)nc(CN)c1C(=O)O. The Hall–Kier alpha value is -1.56. The molecule has 1 aromatic rings. The van der Waals surface area contributed by atoms with E-state index in [1.807, 2.05) is 0 Å². The Labute approximate surface area is 84.7 Å². The standard InChI is InChI=1S/C9H10F2N2O2/c1-4-2-5(8(10)11)13-6(3-12)7(4)9(14)15/h2,8H,3,12H2,1H3,(H,14,15). The first kappa shape index (κ1) is 11.5. The average Bonchev–Trinajstić information content (AvgIpc) is 2.15. The van der Waals surface area contributed by atoms with Gasteiger partial charge in [-0.25, -0.2) is 18.6 Å². The van der Waals surface area contributed by atoms with Crippen molar-refractivity contribution in [2.45, 2.75) is 19.9 Å². The summed E-state index contributed by atoms with van der Waals surface area (Å²) in [4.78, 5) is 14.3. The van der Waals surface area contributed by atoms with Crippen molar-refractivity contribution in [1.29, 1.82) is 0 Å². The van der Waals surface area contributed by atoms with E-state index in [1.165, 1.54) is 6.92 Å². The van der Waals surface area contributed by atoms with Crippen molar-refractivity contribution in [3.63, 3.8) is 0 Å². The highest BCUT2D eigenvalue weighted by Crippen LogP contribution is 2.21. The van der Waals surface area contributed by atoms with Crippen molar-refractivity contribution in [2.24, 2.45) is 5.73 Å². The Balaban J connectivity index is 3.37. The van der Waals surface area contributed by atoms with E-state index in [0.717, 1.165) is 6.07 Å². The van der Waals surface area contributed by atoms with E-state index >= 15 is 0 Å². The highest BCUT2D eigenvalue weighted by Gasteiger charge is 2.18. The summed E-state index contributed by atoms with van der Waals surface area (Å²) in [5, 5.41) is 8.82. The first-order valence-corrected chi connectivity index (χ1v) is 4.19. The first-order chi connectivity index (χ1) is 6.97. The van der Waals surface area contributed by atoms with E-state index in [1.54, 1.807) is 0 Å². The molecule has 0 radical (unpaired) electrons. The molecular weight excluding hydrogens is 206 g/mol. The van der Waals surface area contributed by atoms with Crippen LogP contribution in [-0.4, -0.2) is 16.1 Å². The number of aromatic carboxylic acids is 1. The fraction of sp³-hybridized carbons (Fsp3) is 0.333. The lowest BCUT2D eigenvalue weighted by Crippen LogP contribution is -2.13. The largest absolute Gasteiger partial charge is 0.478 e. The maximum absolute atomic E-state index is 12.3. The van der Waals surface area contributed by atoms with Crippen molar-refractivity contribution >= 4 is 5.97 Å². The number of rotatable bonds is 3. The maximum atomic E-state index is 12.3. The maximum Gasteiger partial charge on any atom is 0.337 e. The molecule has 0 bridgehead atoms. The van der Waals surface area contributed by atoms with Crippen molar-refractivity contribution in [2.75, 3.05) is 0 Å². The van der Waals surface area contributed by atoms with Crippen LogP contribution in [0, 0.1) is 6.92 Å². The molecule has 0 spiro atoms. The van der Waals surface area contributed by atoms with Crippen LogP contribution in [0.4, 0.5) is 8.78 Å². The highest BCUT2D eigenvalue weighted by molar-refractivity contribution is 5.90. The summed E-state index contributed by atoms with van der Waals surface area (Å²) in [7, 11) is 0. The lowest BCUT2D eigenvalue weighted by atomic mass is 10.1. The Kier molecular flexibility index (Phi) is 3.31. The molecule has 0 aliphatic carbocycles. The minimum Gasteiger partial charge on any atom is -0.478 e. The zero-order chi connectivity index (χ0) is 11.6. The molecule has 0 amide bonds. The molecule has 82 valence electrons. The summed E-state index contributed by atoms with van der Waals surface area (Å²) in [6.45, 7) is 1.26. The number of carboxylic acid groups (broad SMARTS) is 1. The first-order valence-electron chi connectivity index (χ1n) is 4.19. The molecule has 15 heavy (non-hydrogen) atoms. The van der Waals surface area contributed by atoms with Gasteiger partial charge in [0.1, 0.15) is 5.69 Å². The van der Waals surface area contributed by atoms with Crippen LogP contribution in [0.3, 0.4) is 0 Å². The van der Waals surface area contributed by atoms with E-state index < -0.39 is 18.1 Å². The number of halogens is 2. The van der Waals surface area contributed by atoms with Gasteiger partial charge in [-0.15, -0.1) is 0 Å². The van der Waals surface area contributed by atoms with Gasteiger partial charge in [0.25, 0.3) is 6.43 Å². The second-order valence-electron chi connectivity index (χ2n) is 3.00. The van der Waals surface area contributed by atoms with Crippen molar-refractivity contribution in [1.82, 2.24) is 4.98 Å². The third-order valence-corrected chi connectivity index (χ3v) is 1.94. The summed E-state index contributed by atoms with van der Waals surface area (Å²) >= 11 is 0. The second-order valence-corrected chi connectivity index (χ2v) is 3.00. The molecular formula is C9H10F2N2O2. The molecule has 1 rings (SSSR count). The third-order valence-electron chi connectivity index (χ3n) is 1.94. The lowest BCUT2D eigenvalue weighted by molar-refractivity contribution is 0.0693. The van der Waals surface area contributed by atoms with E-state index in [0.29, 0.717) is 0 Å². The Morgan fingerprint density at radius 2 is 2.27 bits per heavy atom. The molecule has 1 heterocycles. The number of alkyl halides is 2.